The molecule has 1 N–H and O–H groups in total. The zero-order valence-electron chi connectivity index (χ0n) is 30.0. The minimum absolute atomic E-state index is 0.119. The van der Waals surface area contributed by atoms with Gasteiger partial charge in [-0.1, -0.05) is 31.0 Å². The molecule has 8 rings (SSSR count). The lowest BCUT2D eigenvalue weighted by atomic mass is 9.64. The fourth-order valence-corrected chi connectivity index (χ4v) is 11.8. The lowest BCUT2D eigenvalue weighted by Crippen LogP contribution is -2.59. The van der Waals surface area contributed by atoms with E-state index in [9.17, 15) is 9.00 Å². The first-order valence-electron chi connectivity index (χ1n) is 19.1. The summed E-state index contributed by atoms with van der Waals surface area (Å²) in [5, 5.41) is 0.710. The van der Waals surface area contributed by atoms with E-state index in [1.165, 1.54) is 11.1 Å². The molecule has 2 aliphatic carbocycles. The number of rotatable bonds is 2. The van der Waals surface area contributed by atoms with Crippen molar-refractivity contribution in [1.29, 1.82) is 0 Å². The molecule has 0 aromatic heterocycles. The van der Waals surface area contributed by atoms with Crippen molar-refractivity contribution in [2.75, 3.05) is 50.9 Å². The largest absolute Gasteiger partial charge is 0.490 e. The van der Waals surface area contributed by atoms with Crippen LogP contribution in [0.4, 0.5) is 5.69 Å². The van der Waals surface area contributed by atoms with E-state index in [2.05, 4.69) is 39.4 Å². The van der Waals surface area contributed by atoms with Crippen LogP contribution in [-0.4, -0.2) is 89.8 Å². The molecule has 1 amide bonds. The van der Waals surface area contributed by atoms with Gasteiger partial charge in [-0.15, -0.1) is 11.6 Å². The maximum Gasteiger partial charge on any atom is 0.262 e. The fourth-order valence-electron chi connectivity index (χ4n) is 9.79. The summed E-state index contributed by atoms with van der Waals surface area (Å²) in [6.45, 7) is 9.41. The van der Waals surface area contributed by atoms with Gasteiger partial charge in [0, 0.05) is 53.3 Å². The first kappa shape index (κ1) is 36.0. The van der Waals surface area contributed by atoms with E-state index in [4.69, 9.17) is 37.4 Å². The van der Waals surface area contributed by atoms with Crippen molar-refractivity contribution in [3.63, 3.8) is 0 Å². The zero-order valence-corrected chi connectivity index (χ0v) is 32.3. The summed E-state index contributed by atoms with van der Waals surface area (Å²) in [6.07, 6.45) is 7.99. The Bertz CT molecular complexity index is 1730. The third kappa shape index (κ3) is 7.05. The summed E-state index contributed by atoms with van der Waals surface area (Å²) in [5.74, 6) is 5.78. The average Bonchev–Trinajstić information content (AvgIpc) is 3.24. The van der Waals surface area contributed by atoms with Crippen LogP contribution in [-0.2, 0) is 31.0 Å². The van der Waals surface area contributed by atoms with Crippen LogP contribution in [0.5, 0.6) is 5.75 Å². The van der Waals surface area contributed by atoms with Crippen LogP contribution in [0.25, 0.3) is 0 Å². The third-order valence-electron chi connectivity index (χ3n) is 13.3. The van der Waals surface area contributed by atoms with Gasteiger partial charge in [-0.25, -0.2) is 4.21 Å². The molecule has 1 unspecified atom stereocenters. The second kappa shape index (κ2) is 14.3. The SMILES string of the molecule is C=S1(=O)NC(=O)c2ccc3c(c2)N(C[C@@H]2CC[C@H]2[C@@H](C2OCC(N4CC(Cl)C4)CO2)CCC[C@H](C)[C@H]1C)C[C@@]1(CCCc2cc(Cl)ccc21)CO3. The first-order valence-corrected chi connectivity index (χ1v) is 21.7. The van der Waals surface area contributed by atoms with E-state index in [1.54, 1.807) is 6.07 Å². The number of nitrogens with zero attached hydrogens (tertiary/aromatic N) is 2. The number of amides is 1. The van der Waals surface area contributed by atoms with Crippen molar-refractivity contribution in [3.8, 4) is 5.75 Å². The normalized spacial score (nSPS) is 37.9. The Kier molecular flexibility index (Phi) is 10.1. The van der Waals surface area contributed by atoms with E-state index in [0.29, 0.717) is 37.2 Å². The van der Waals surface area contributed by atoms with Crippen molar-refractivity contribution < 1.29 is 23.2 Å². The number of ether oxygens (including phenoxy) is 3. The molecule has 4 aliphatic heterocycles. The molecular formula is C40H53Cl2N3O5S. The Morgan fingerprint density at radius 2 is 1.78 bits per heavy atom. The molecule has 4 heterocycles. The molecule has 0 radical (unpaired) electrons. The molecule has 51 heavy (non-hydrogen) atoms. The second-order valence-corrected chi connectivity index (χ2v) is 19.9. The number of benzene rings is 2. The molecule has 2 aromatic rings. The van der Waals surface area contributed by atoms with Gasteiger partial charge >= 0.3 is 0 Å². The fraction of sp³-hybridized carbons (Fsp3) is 0.650. The lowest BCUT2D eigenvalue weighted by molar-refractivity contribution is -0.246. The summed E-state index contributed by atoms with van der Waals surface area (Å²) in [4.78, 5) is 18.6. The standard InChI is InChI=1S/C40H53Cl2N3O5S/c1-25-6-4-8-34(39-48-21-32(22-49-39)44-19-31(42)20-44)33-12-9-29(33)18-45-23-40(15-5-7-27-16-30(41)11-13-35(27)40)24-50-37-14-10-28(17-36(37)45)38(46)43-51(3,47)26(25)2/h10-11,13-14,16-17,25-26,29,31-34,39H,3-9,12,15,18-24H2,1-2H3,(H,43,46,47)/t25-,26+,29-,32?,33+,34-,39?,40-,51?/m0/s1. The van der Waals surface area contributed by atoms with Crippen molar-refractivity contribution in [2.24, 2.45) is 23.7 Å². The molecule has 2 aromatic carbocycles. The van der Waals surface area contributed by atoms with E-state index in [-0.39, 0.29) is 46.1 Å². The topological polar surface area (TPSA) is 80.3 Å². The Morgan fingerprint density at radius 1 is 0.980 bits per heavy atom. The Morgan fingerprint density at radius 3 is 2.53 bits per heavy atom. The first-order chi connectivity index (χ1) is 24.5. The zero-order chi connectivity index (χ0) is 35.5. The van der Waals surface area contributed by atoms with Crippen molar-refractivity contribution in [3.05, 3.63) is 58.1 Å². The highest BCUT2D eigenvalue weighted by molar-refractivity contribution is 7.99. The number of aryl methyl sites for hydroxylation is 1. The second-order valence-electron chi connectivity index (χ2n) is 16.5. The van der Waals surface area contributed by atoms with Gasteiger partial charge in [0.05, 0.1) is 46.6 Å². The number of carbonyl (C=O) groups is 1. The highest BCUT2D eigenvalue weighted by Crippen LogP contribution is 2.49. The van der Waals surface area contributed by atoms with E-state index in [0.717, 1.165) is 94.0 Å². The van der Waals surface area contributed by atoms with Crippen LogP contribution >= 0.6 is 23.2 Å². The Balaban J connectivity index is 1.13. The summed E-state index contributed by atoms with van der Waals surface area (Å²) in [7, 11) is -2.91. The van der Waals surface area contributed by atoms with Crippen molar-refractivity contribution in [1.82, 2.24) is 9.62 Å². The average molecular weight is 759 g/mol. The number of fused-ring (bicyclic) bond motifs is 4. The van der Waals surface area contributed by atoms with Crippen molar-refractivity contribution in [2.45, 2.75) is 93.6 Å². The number of hydrogen-bond donors (Lipinski definition) is 1. The number of nitrogens with one attached hydrogen (secondary N) is 1. The molecule has 8 nitrogen and oxygen atoms in total. The molecule has 2 bridgehead atoms. The van der Waals surface area contributed by atoms with Gasteiger partial charge in [-0.2, -0.15) is 0 Å². The van der Waals surface area contributed by atoms with E-state index >= 15 is 0 Å². The van der Waals surface area contributed by atoms with Crippen LogP contribution in [0.2, 0.25) is 5.02 Å². The third-order valence-corrected chi connectivity index (χ3v) is 16.0. The molecule has 6 aliphatic rings. The number of alkyl halides is 1. The van der Waals surface area contributed by atoms with Crippen LogP contribution in [0.3, 0.4) is 0 Å². The predicted octanol–water partition coefficient (Wildman–Crippen LogP) is 6.69. The Labute approximate surface area is 314 Å². The monoisotopic (exact) mass is 757 g/mol. The van der Waals surface area contributed by atoms with Crippen LogP contribution < -0.4 is 14.4 Å². The maximum atomic E-state index is 14.0. The quantitative estimate of drug-likeness (QED) is 0.270. The summed E-state index contributed by atoms with van der Waals surface area (Å²) in [5.41, 5.74) is 3.81. The molecule has 1 spiro atoms. The van der Waals surface area contributed by atoms with Gasteiger partial charge in [0.1, 0.15) is 5.75 Å². The summed E-state index contributed by atoms with van der Waals surface area (Å²) in [6, 6.07) is 12.3. The van der Waals surface area contributed by atoms with Gasteiger partial charge < -0.3 is 19.1 Å². The number of halogens is 2. The summed E-state index contributed by atoms with van der Waals surface area (Å²) < 4.78 is 36.7. The number of carbonyl (C=O) groups excluding carboxylic acids is 1. The number of likely N-dealkylation sites (tertiary alicyclic amines) is 1. The predicted molar refractivity (Wildman–Crippen MR) is 206 cm³/mol. The molecule has 2 saturated heterocycles. The van der Waals surface area contributed by atoms with Crippen molar-refractivity contribution >= 4 is 50.4 Å². The van der Waals surface area contributed by atoms with E-state index in [1.807, 2.05) is 25.1 Å². The smallest absolute Gasteiger partial charge is 0.262 e. The highest BCUT2D eigenvalue weighted by Gasteiger charge is 2.47. The molecule has 278 valence electrons. The van der Waals surface area contributed by atoms with Gasteiger partial charge in [0.25, 0.3) is 5.91 Å². The molecule has 1 saturated carbocycles. The van der Waals surface area contributed by atoms with Crippen LogP contribution in [0.1, 0.15) is 80.3 Å². The molecule has 11 heteroatoms. The van der Waals surface area contributed by atoms with Gasteiger partial charge in [0.15, 0.2) is 6.29 Å². The minimum atomic E-state index is -2.91. The molecule has 7 atom stereocenters. The highest BCUT2D eigenvalue weighted by atomic mass is 35.5. The summed E-state index contributed by atoms with van der Waals surface area (Å²) >= 11 is 12.8. The molecule has 3 fully saturated rings. The van der Waals surface area contributed by atoms with Gasteiger partial charge in [0.2, 0.25) is 0 Å². The number of hydrogen-bond acceptors (Lipinski definition) is 7. The van der Waals surface area contributed by atoms with E-state index < -0.39 is 9.71 Å². The van der Waals surface area contributed by atoms with Crippen LogP contribution in [0.15, 0.2) is 36.4 Å². The van der Waals surface area contributed by atoms with Gasteiger partial charge in [-0.05, 0) is 117 Å². The van der Waals surface area contributed by atoms with Gasteiger partial charge in [-0.3, -0.25) is 14.4 Å². The lowest BCUT2D eigenvalue weighted by Gasteiger charge is -2.50. The maximum absolute atomic E-state index is 14.0. The number of anilines is 1. The van der Waals surface area contributed by atoms with Crippen LogP contribution in [0, 0.1) is 23.7 Å². The Hall–Kier alpha value is -2.01. The molecular weight excluding hydrogens is 705 g/mol. The minimum Gasteiger partial charge on any atom is -0.490 e.